The maximum Gasteiger partial charge on any atom is 0.340 e. The number of alkyl halides is 2. The lowest BCUT2D eigenvalue weighted by Gasteiger charge is -2.30. The number of halogens is 2. The van der Waals surface area contributed by atoms with Gasteiger partial charge in [-0.2, -0.15) is 0 Å². The van der Waals surface area contributed by atoms with E-state index >= 15 is 0 Å². The molecule has 0 fully saturated rings. The van der Waals surface area contributed by atoms with Gasteiger partial charge in [-0.05, 0) is 19.9 Å². The third kappa shape index (κ3) is 5.71. The van der Waals surface area contributed by atoms with Crippen LogP contribution in [0.4, 0.5) is 0 Å². The lowest BCUT2D eigenvalue weighted by atomic mass is 10.6. The largest absolute Gasteiger partial charge is 0.394 e. The minimum absolute atomic E-state index is 0.251. The van der Waals surface area contributed by atoms with Crippen molar-refractivity contribution < 1.29 is 8.85 Å². The molecule has 0 aromatic heterocycles. The van der Waals surface area contributed by atoms with Crippen LogP contribution in [0.3, 0.4) is 0 Å². The van der Waals surface area contributed by atoms with E-state index < -0.39 is 8.56 Å². The molecule has 0 saturated heterocycles. The first kappa shape index (κ1) is 14.9. The van der Waals surface area contributed by atoms with Gasteiger partial charge in [0, 0.05) is 18.0 Å². The SMILES string of the molecule is CCC[Si](CCBr)(OCC)OC(C)Cl. The molecule has 0 aromatic rings. The Morgan fingerprint density at radius 1 is 1.36 bits per heavy atom. The molecule has 0 aromatic carbocycles. The van der Waals surface area contributed by atoms with Crippen LogP contribution in [0.5, 0.6) is 0 Å². The van der Waals surface area contributed by atoms with Gasteiger partial charge in [0.25, 0.3) is 0 Å². The Morgan fingerprint density at radius 2 is 2.00 bits per heavy atom. The Kier molecular flexibility index (Phi) is 8.63. The molecule has 0 N–H and O–H groups in total. The summed E-state index contributed by atoms with van der Waals surface area (Å²) in [7, 11) is -2.04. The van der Waals surface area contributed by atoms with Gasteiger partial charge >= 0.3 is 8.56 Å². The van der Waals surface area contributed by atoms with E-state index in [-0.39, 0.29) is 5.56 Å². The normalized spacial score (nSPS) is 17.8. The molecule has 0 bridgehead atoms. The Bertz CT molecular complexity index is 130. The van der Waals surface area contributed by atoms with Crippen LogP contribution in [0.25, 0.3) is 0 Å². The average Bonchev–Trinajstić information content (AvgIpc) is 2.03. The topological polar surface area (TPSA) is 18.5 Å². The predicted molar refractivity (Wildman–Crippen MR) is 67.5 cm³/mol. The highest BCUT2D eigenvalue weighted by Crippen LogP contribution is 2.24. The van der Waals surface area contributed by atoms with E-state index in [1.807, 2.05) is 13.8 Å². The zero-order chi connectivity index (χ0) is 11.0. The molecule has 86 valence electrons. The Morgan fingerprint density at radius 3 is 2.36 bits per heavy atom. The quantitative estimate of drug-likeness (QED) is 0.500. The van der Waals surface area contributed by atoms with E-state index in [1.165, 1.54) is 0 Å². The summed E-state index contributed by atoms with van der Waals surface area (Å²) in [6, 6.07) is 1.98. The molecular weight excluding hydrogens is 284 g/mol. The molecule has 0 aliphatic carbocycles. The highest BCUT2D eigenvalue weighted by atomic mass is 79.9. The van der Waals surface area contributed by atoms with Crippen LogP contribution in [-0.2, 0) is 8.85 Å². The summed E-state index contributed by atoms with van der Waals surface area (Å²) < 4.78 is 11.6. The third-order valence-electron chi connectivity index (χ3n) is 1.89. The minimum atomic E-state index is -2.04. The van der Waals surface area contributed by atoms with Gasteiger partial charge in [-0.1, -0.05) is 40.9 Å². The summed E-state index contributed by atoms with van der Waals surface area (Å²) in [5, 5.41) is 0.919. The van der Waals surface area contributed by atoms with Crippen molar-refractivity contribution in [1.29, 1.82) is 0 Å². The first-order chi connectivity index (χ1) is 6.60. The Hall–Kier alpha value is 0.907. The Balaban J connectivity index is 4.37. The zero-order valence-electron chi connectivity index (χ0n) is 9.19. The molecule has 14 heavy (non-hydrogen) atoms. The van der Waals surface area contributed by atoms with Crippen molar-refractivity contribution in [3.05, 3.63) is 0 Å². The van der Waals surface area contributed by atoms with Crippen molar-refractivity contribution in [2.45, 2.75) is 44.8 Å². The number of hydrogen-bond donors (Lipinski definition) is 0. The second-order valence-electron chi connectivity index (χ2n) is 3.19. The molecule has 0 heterocycles. The van der Waals surface area contributed by atoms with Crippen LogP contribution in [0.1, 0.15) is 27.2 Å². The van der Waals surface area contributed by atoms with Gasteiger partial charge in [-0.25, -0.2) is 0 Å². The van der Waals surface area contributed by atoms with Crippen molar-refractivity contribution in [3.63, 3.8) is 0 Å². The average molecular weight is 304 g/mol. The van der Waals surface area contributed by atoms with Crippen LogP contribution in [0.2, 0.25) is 12.1 Å². The highest BCUT2D eigenvalue weighted by molar-refractivity contribution is 9.09. The smallest absolute Gasteiger partial charge is 0.340 e. The first-order valence-electron chi connectivity index (χ1n) is 5.12. The molecule has 0 spiro atoms. The zero-order valence-corrected chi connectivity index (χ0v) is 12.5. The standard InChI is InChI=1S/C9H20BrClO2Si/c1-4-7-14(8-6-10,12-5-2)13-9(3)11/h9H,4-8H2,1-3H3. The fourth-order valence-corrected chi connectivity index (χ4v) is 6.81. The minimum Gasteiger partial charge on any atom is -0.394 e. The monoisotopic (exact) mass is 302 g/mol. The van der Waals surface area contributed by atoms with E-state index in [0.29, 0.717) is 6.61 Å². The van der Waals surface area contributed by atoms with E-state index in [0.717, 1.165) is 23.8 Å². The summed E-state index contributed by atoms with van der Waals surface area (Å²) in [5.74, 6) is 0. The fourth-order valence-electron chi connectivity index (χ4n) is 1.51. The molecule has 5 heteroatoms. The van der Waals surface area contributed by atoms with E-state index in [1.54, 1.807) is 0 Å². The summed E-state index contributed by atoms with van der Waals surface area (Å²) in [4.78, 5) is 0. The fraction of sp³-hybridized carbons (Fsp3) is 1.00. The summed E-state index contributed by atoms with van der Waals surface area (Å²) in [6.07, 6.45) is 1.09. The van der Waals surface area contributed by atoms with Crippen LogP contribution < -0.4 is 0 Å². The molecule has 0 aliphatic rings. The molecule has 0 amide bonds. The molecule has 2 unspecified atom stereocenters. The van der Waals surface area contributed by atoms with E-state index in [4.69, 9.17) is 20.5 Å². The van der Waals surface area contributed by atoms with Crippen molar-refractivity contribution in [2.24, 2.45) is 0 Å². The van der Waals surface area contributed by atoms with Crippen molar-refractivity contribution >= 4 is 36.1 Å². The van der Waals surface area contributed by atoms with Gasteiger partial charge < -0.3 is 8.85 Å². The summed E-state index contributed by atoms with van der Waals surface area (Å²) in [6.45, 7) is 6.72. The molecule has 2 atom stereocenters. The molecule has 0 saturated carbocycles. The third-order valence-corrected chi connectivity index (χ3v) is 7.13. The summed E-state index contributed by atoms with van der Waals surface area (Å²) >= 11 is 9.33. The maximum atomic E-state index is 5.89. The van der Waals surface area contributed by atoms with Crippen molar-refractivity contribution in [1.82, 2.24) is 0 Å². The van der Waals surface area contributed by atoms with Gasteiger partial charge in [-0.3, -0.25) is 0 Å². The van der Waals surface area contributed by atoms with E-state index in [2.05, 4.69) is 22.9 Å². The van der Waals surface area contributed by atoms with E-state index in [9.17, 15) is 0 Å². The Labute approximate surface area is 102 Å². The van der Waals surface area contributed by atoms with Crippen molar-refractivity contribution in [3.8, 4) is 0 Å². The summed E-state index contributed by atoms with van der Waals surface area (Å²) in [5.41, 5.74) is -0.251. The van der Waals surface area contributed by atoms with Crippen LogP contribution >= 0.6 is 27.5 Å². The van der Waals surface area contributed by atoms with Gasteiger partial charge in [0.05, 0.1) is 0 Å². The highest BCUT2D eigenvalue weighted by Gasteiger charge is 2.36. The molecular formula is C9H20BrClO2Si. The first-order valence-corrected chi connectivity index (χ1v) is 8.91. The van der Waals surface area contributed by atoms with Crippen LogP contribution in [-0.4, -0.2) is 26.1 Å². The van der Waals surface area contributed by atoms with Gasteiger partial charge in [-0.15, -0.1) is 0 Å². The molecule has 0 radical (unpaired) electrons. The number of hydrogen-bond acceptors (Lipinski definition) is 2. The second kappa shape index (κ2) is 8.10. The predicted octanol–water partition coefficient (Wildman–Crippen LogP) is 3.87. The molecule has 0 aliphatic heterocycles. The molecule has 0 rings (SSSR count). The van der Waals surface area contributed by atoms with Crippen LogP contribution in [0.15, 0.2) is 0 Å². The molecule has 2 nitrogen and oxygen atoms in total. The van der Waals surface area contributed by atoms with Gasteiger partial charge in [0.2, 0.25) is 0 Å². The lowest BCUT2D eigenvalue weighted by molar-refractivity contribution is 0.166. The van der Waals surface area contributed by atoms with Crippen LogP contribution in [0, 0.1) is 0 Å². The number of rotatable bonds is 8. The van der Waals surface area contributed by atoms with Crippen molar-refractivity contribution in [2.75, 3.05) is 11.9 Å². The maximum absolute atomic E-state index is 5.89. The second-order valence-corrected chi connectivity index (χ2v) is 7.95. The lowest BCUT2D eigenvalue weighted by Crippen LogP contribution is -2.44. The van der Waals surface area contributed by atoms with Gasteiger partial charge in [0.15, 0.2) is 0 Å². The van der Waals surface area contributed by atoms with Gasteiger partial charge in [0.1, 0.15) is 5.56 Å².